The van der Waals surface area contributed by atoms with E-state index in [0.29, 0.717) is 16.8 Å². The van der Waals surface area contributed by atoms with Crippen molar-refractivity contribution in [2.75, 3.05) is 5.32 Å². The number of para-hydroxylation sites is 1. The fourth-order valence-electron chi connectivity index (χ4n) is 2.13. The molecule has 114 valence electrons. The molecule has 1 amide bonds. The summed E-state index contributed by atoms with van der Waals surface area (Å²) in [6, 6.07) is 12.9. The highest BCUT2D eigenvalue weighted by Gasteiger charge is 2.12. The number of non-ortho nitro benzene ring substituents is 1. The van der Waals surface area contributed by atoms with Crippen LogP contribution in [-0.4, -0.2) is 15.9 Å². The summed E-state index contributed by atoms with van der Waals surface area (Å²) in [7, 11) is 0. The van der Waals surface area contributed by atoms with Crippen LogP contribution in [0, 0.1) is 10.1 Å². The van der Waals surface area contributed by atoms with Crippen molar-refractivity contribution in [2.24, 2.45) is 0 Å². The number of nitrogens with one attached hydrogen (secondary N) is 1. The lowest BCUT2D eigenvalue weighted by Gasteiger charge is -2.13. The van der Waals surface area contributed by atoms with Crippen LogP contribution in [0.4, 0.5) is 11.4 Å². The van der Waals surface area contributed by atoms with E-state index in [1.54, 1.807) is 43.3 Å². The molecule has 6 heteroatoms. The Hall–Kier alpha value is -2.73. The lowest BCUT2D eigenvalue weighted by molar-refractivity contribution is -0.384. The normalized spacial score (nSPS) is 11.7. The molecule has 6 nitrogen and oxygen atoms in total. The number of benzene rings is 2. The lowest BCUT2D eigenvalue weighted by atomic mass is 10.1. The zero-order valence-corrected chi connectivity index (χ0v) is 12.0. The predicted molar refractivity (Wildman–Crippen MR) is 82.5 cm³/mol. The highest BCUT2D eigenvalue weighted by atomic mass is 16.6. The summed E-state index contributed by atoms with van der Waals surface area (Å²) >= 11 is 0. The Morgan fingerprint density at radius 1 is 1.27 bits per heavy atom. The minimum Gasteiger partial charge on any atom is -0.389 e. The molecule has 1 unspecified atom stereocenters. The Bertz CT molecular complexity index is 698. The number of amides is 1. The average molecular weight is 300 g/mol. The van der Waals surface area contributed by atoms with Crippen molar-refractivity contribution >= 4 is 17.3 Å². The Balaban J connectivity index is 2.11. The van der Waals surface area contributed by atoms with E-state index in [9.17, 15) is 20.0 Å². The number of anilines is 1. The number of carbonyl (C=O) groups is 1. The second kappa shape index (κ2) is 6.82. The Morgan fingerprint density at radius 3 is 2.68 bits per heavy atom. The van der Waals surface area contributed by atoms with Crippen molar-refractivity contribution in [2.45, 2.75) is 19.4 Å². The van der Waals surface area contributed by atoms with Crippen LogP contribution in [-0.2, 0) is 11.2 Å². The van der Waals surface area contributed by atoms with Crippen LogP contribution >= 0.6 is 0 Å². The molecular weight excluding hydrogens is 284 g/mol. The number of hydrogen-bond donors (Lipinski definition) is 2. The minimum atomic E-state index is -0.700. The topological polar surface area (TPSA) is 92.5 Å². The Morgan fingerprint density at radius 2 is 2.00 bits per heavy atom. The van der Waals surface area contributed by atoms with E-state index in [0.717, 1.165) is 0 Å². The Kier molecular flexibility index (Phi) is 4.85. The maximum absolute atomic E-state index is 12.1. The summed E-state index contributed by atoms with van der Waals surface area (Å²) < 4.78 is 0. The maximum atomic E-state index is 12.1. The monoisotopic (exact) mass is 300 g/mol. The smallest absolute Gasteiger partial charge is 0.269 e. The number of nitro groups is 1. The lowest BCUT2D eigenvalue weighted by Crippen LogP contribution is -2.16. The first-order valence-electron chi connectivity index (χ1n) is 6.77. The van der Waals surface area contributed by atoms with Crippen LogP contribution in [0.15, 0.2) is 48.5 Å². The first-order chi connectivity index (χ1) is 10.5. The molecule has 0 aromatic heterocycles. The molecule has 0 aliphatic rings. The number of aliphatic hydroxyl groups excluding tert-OH is 1. The summed E-state index contributed by atoms with van der Waals surface area (Å²) in [4.78, 5) is 22.3. The van der Waals surface area contributed by atoms with Crippen molar-refractivity contribution < 1.29 is 14.8 Å². The summed E-state index contributed by atoms with van der Waals surface area (Å²) in [5, 5.41) is 23.1. The van der Waals surface area contributed by atoms with Gasteiger partial charge >= 0.3 is 0 Å². The molecule has 0 saturated carbocycles. The molecule has 0 bridgehead atoms. The molecule has 22 heavy (non-hydrogen) atoms. The number of rotatable bonds is 5. The predicted octanol–water partition coefficient (Wildman–Crippen LogP) is 2.83. The zero-order valence-electron chi connectivity index (χ0n) is 12.0. The van der Waals surface area contributed by atoms with E-state index >= 15 is 0 Å². The third-order valence-corrected chi connectivity index (χ3v) is 3.17. The summed E-state index contributed by atoms with van der Waals surface area (Å²) in [5.74, 6) is -0.298. The Labute approximate surface area is 127 Å². The van der Waals surface area contributed by atoms with E-state index in [4.69, 9.17) is 0 Å². The van der Waals surface area contributed by atoms with E-state index in [2.05, 4.69) is 5.32 Å². The molecular formula is C16H16N2O4. The summed E-state index contributed by atoms with van der Waals surface area (Å²) in [6.45, 7) is 1.62. The van der Waals surface area contributed by atoms with Gasteiger partial charge in [0.1, 0.15) is 0 Å². The van der Waals surface area contributed by atoms with E-state index in [1.165, 1.54) is 12.1 Å². The van der Waals surface area contributed by atoms with Gasteiger partial charge in [-0.3, -0.25) is 14.9 Å². The van der Waals surface area contributed by atoms with Gasteiger partial charge in [-0.25, -0.2) is 0 Å². The van der Waals surface area contributed by atoms with Gasteiger partial charge in [-0.2, -0.15) is 0 Å². The van der Waals surface area contributed by atoms with Gasteiger partial charge < -0.3 is 10.4 Å². The van der Waals surface area contributed by atoms with Crippen LogP contribution < -0.4 is 5.32 Å². The summed E-state index contributed by atoms with van der Waals surface area (Å²) in [6.07, 6.45) is -0.676. The molecule has 1 atom stereocenters. The second-order valence-electron chi connectivity index (χ2n) is 4.92. The van der Waals surface area contributed by atoms with Gasteiger partial charge in [-0.1, -0.05) is 30.3 Å². The highest BCUT2D eigenvalue weighted by molar-refractivity contribution is 5.93. The standard InChI is InChI=1S/C16H16N2O4/c1-11(19)14-7-2-3-8-15(14)17-16(20)10-12-5-4-6-13(9-12)18(21)22/h2-9,11,19H,10H2,1H3,(H,17,20). The molecule has 0 radical (unpaired) electrons. The van der Waals surface area contributed by atoms with Crippen molar-refractivity contribution in [3.8, 4) is 0 Å². The number of nitro benzene ring substituents is 1. The third kappa shape index (κ3) is 3.89. The van der Waals surface area contributed by atoms with Crippen molar-refractivity contribution in [1.82, 2.24) is 0 Å². The van der Waals surface area contributed by atoms with Gasteiger partial charge in [0.05, 0.1) is 17.4 Å². The van der Waals surface area contributed by atoms with E-state index in [-0.39, 0.29) is 18.0 Å². The molecule has 2 aromatic rings. The average Bonchev–Trinajstić information content (AvgIpc) is 2.47. The quantitative estimate of drug-likeness (QED) is 0.656. The molecule has 2 aromatic carbocycles. The third-order valence-electron chi connectivity index (χ3n) is 3.17. The van der Waals surface area contributed by atoms with Crippen LogP contribution in [0.1, 0.15) is 24.2 Å². The SMILES string of the molecule is CC(O)c1ccccc1NC(=O)Cc1cccc([N+](=O)[O-])c1. The largest absolute Gasteiger partial charge is 0.389 e. The molecule has 2 N–H and O–H groups in total. The molecule has 0 spiro atoms. The van der Waals surface area contributed by atoms with Crippen LogP contribution in [0.3, 0.4) is 0 Å². The van der Waals surface area contributed by atoms with Gasteiger partial charge in [-0.15, -0.1) is 0 Å². The van der Waals surface area contributed by atoms with Crippen molar-refractivity contribution in [3.63, 3.8) is 0 Å². The summed E-state index contributed by atoms with van der Waals surface area (Å²) in [5.41, 5.74) is 1.67. The first-order valence-corrected chi connectivity index (χ1v) is 6.77. The highest BCUT2D eigenvalue weighted by Crippen LogP contribution is 2.22. The van der Waals surface area contributed by atoms with Gasteiger partial charge in [-0.05, 0) is 18.6 Å². The molecule has 0 fully saturated rings. The van der Waals surface area contributed by atoms with Crippen LogP contribution in [0.2, 0.25) is 0 Å². The van der Waals surface area contributed by atoms with Gasteiger partial charge in [0, 0.05) is 23.4 Å². The van der Waals surface area contributed by atoms with E-state index in [1.807, 2.05) is 0 Å². The van der Waals surface area contributed by atoms with Crippen LogP contribution in [0.5, 0.6) is 0 Å². The fourth-order valence-corrected chi connectivity index (χ4v) is 2.13. The van der Waals surface area contributed by atoms with Gasteiger partial charge in [0.25, 0.3) is 5.69 Å². The van der Waals surface area contributed by atoms with Crippen molar-refractivity contribution in [1.29, 1.82) is 0 Å². The minimum absolute atomic E-state index is 0.0236. The molecule has 0 aliphatic carbocycles. The number of nitrogens with zero attached hydrogens (tertiary/aromatic N) is 1. The maximum Gasteiger partial charge on any atom is 0.269 e. The molecule has 0 aliphatic heterocycles. The van der Waals surface area contributed by atoms with Gasteiger partial charge in [0.15, 0.2) is 0 Å². The second-order valence-corrected chi connectivity index (χ2v) is 4.92. The van der Waals surface area contributed by atoms with Gasteiger partial charge in [0.2, 0.25) is 5.91 Å². The van der Waals surface area contributed by atoms with E-state index < -0.39 is 11.0 Å². The fraction of sp³-hybridized carbons (Fsp3) is 0.188. The molecule has 2 rings (SSSR count). The number of aliphatic hydroxyl groups is 1. The number of carbonyl (C=O) groups excluding carboxylic acids is 1. The number of hydrogen-bond acceptors (Lipinski definition) is 4. The molecule has 0 saturated heterocycles. The first kappa shape index (κ1) is 15.7. The van der Waals surface area contributed by atoms with Crippen molar-refractivity contribution in [3.05, 3.63) is 69.8 Å². The van der Waals surface area contributed by atoms with Crippen LogP contribution in [0.25, 0.3) is 0 Å². The molecule has 0 heterocycles. The zero-order chi connectivity index (χ0) is 16.1.